The lowest BCUT2D eigenvalue weighted by Crippen LogP contribution is -2.06. The molecule has 1 saturated heterocycles. The van der Waals surface area contributed by atoms with Crippen LogP contribution in [0.25, 0.3) is 0 Å². The van der Waals surface area contributed by atoms with E-state index in [1.165, 1.54) is 77.0 Å². The van der Waals surface area contributed by atoms with E-state index < -0.39 is 0 Å². The van der Waals surface area contributed by atoms with E-state index >= 15 is 0 Å². The fraction of sp³-hybridized carbons (Fsp3) is 0.708. The molecule has 1 aromatic rings. The van der Waals surface area contributed by atoms with Gasteiger partial charge in [-0.25, -0.2) is 4.79 Å². The van der Waals surface area contributed by atoms with Gasteiger partial charge in [-0.3, -0.25) is 0 Å². The molecule has 1 aliphatic heterocycles. The first-order valence-corrected chi connectivity index (χ1v) is 11.2. The monoisotopic (exact) mass is 374 g/mol. The Labute approximate surface area is 165 Å². The molecule has 152 valence electrons. The molecule has 3 heteroatoms. The largest absolute Gasteiger partial charge is 0.462 e. The van der Waals surface area contributed by atoms with Crippen molar-refractivity contribution >= 4 is 5.97 Å². The molecule has 2 rings (SSSR count). The van der Waals surface area contributed by atoms with E-state index in [4.69, 9.17) is 9.47 Å². The van der Waals surface area contributed by atoms with Crippen LogP contribution in [0.2, 0.25) is 0 Å². The normalized spacial score (nSPS) is 15.6. The summed E-state index contributed by atoms with van der Waals surface area (Å²) in [6.07, 6.45) is 19.1. The molecule has 1 aliphatic rings. The third-order valence-electron chi connectivity index (χ3n) is 5.32. The number of epoxide rings is 1. The van der Waals surface area contributed by atoms with Gasteiger partial charge in [0, 0.05) is 0 Å². The van der Waals surface area contributed by atoms with Crippen molar-refractivity contribution in [2.24, 2.45) is 0 Å². The van der Waals surface area contributed by atoms with Crippen LogP contribution in [0, 0.1) is 0 Å². The number of hydrogen-bond donors (Lipinski definition) is 0. The van der Waals surface area contributed by atoms with Crippen molar-refractivity contribution in [3.63, 3.8) is 0 Å². The number of ether oxygens (including phenoxy) is 2. The SMILES string of the molecule is O=C(OCCCCCCCCCCCCCCCC1CO1)c1ccccc1. The standard InChI is InChI=1S/C24H38O3/c25-24(22-17-13-12-14-18-22)26-20-16-11-9-7-5-3-1-2-4-6-8-10-15-19-23-21-27-23/h12-14,17-18,23H,1-11,15-16,19-21H2. The molecule has 0 bridgehead atoms. The molecule has 1 atom stereocenters. The summed E-state index contributed by atoms with van der Waals surface area (Å²) in [5, 5.41) is 0. The summed E-state index contributed by atoms with van der Waals surface area (Å²) in [6.45, 7) is 1.56. The zero-order chi connectivity index (χ0) is 19.0. The molecule has 0 spiro atoms. The molecule has 1 unspecified atom stereocenters. The van der Waals surface area contributed by atoms with Crippen LogP contribution in [0.5, 0.6) is 0 Å². The number of esters is 1. The highest BCUT2D eigenvalue weighted by atomic mass is 16.6. The van der Waals surface area contributed by atoms with Crippen molar-refractivity contribution in [1.29, 1.82) is 0 Å². The van der Waals surface area contributed by atoms with E-state index in [9.17, 15) is 4.79 Å². The van der Waals surface area contributed by atoms with Crippen molar-refractivity contribution in [3.8, 4) is 0 Å². The van der Waals surface area contributed by atoms with E-state index in [1.807, 2.05) is 18.2 Å². The lowest BCUT2D eigenvalue weighted by molar-refractivity contribution is 0.0497. The van der Waals surface area contributed by atoms with Gasteiger partial charge in [-0.2, -0.15) is 0 Å². The molecule has 1 heterocycles. The van der Waals surface area contributed by atoms with Crippen LogP contribution in [0.15, 0.2) is 30.3 Å². The van der Waals surface area contributed by atoms with E-state index in [0.29, 0.717) is 18.3 Å². The predicted molar refractivity (Wildman–Crippen MR) is 111 cm³/mol. The number of rotatable bonds is 17. The van der Waals surface area contributed by atoms with Gasteiger partial charge in [-0.05, 0) is 25.0 Å². The predicted octanol–water partition coefficient (Wildman–Crippen LogP) is 6.70. The Hall–Kier alpha value is -1.35. The lowest BCUT2D eigenvalue weighted by atomic mass is 10.0. The molecule has 1 fully saturated rings. The average molecular weight is 375 g/mol. The molecule has 0 radical (unpaired) electrons. The molecule has 0 amide bonds. The van der Waals surface area contributed by atoms with Gasteiger partial charge in [0.15, 0.2) is 0 Å². The van der Waals surface area contributed by atoms with E-state index in [-0.39, 0.29) is 5.97 Å². The Kier molecular flexibility index (Phi) is 11.9. The Balaban J connectivity index is 1.25. The Bertz CT molecular complexity index is 482. The summed E-state index contributed by atoms with van der Waals surface area (Å²) in [4.78, 5) is 11.8. The highest BCUT2D eigenvalue weighted by molar-refractivity contribution is 5.89. The second-order valence-corrected chi connectivity index (χ2v) is 7.84. The van der Waals surface area contributed by atoms with E-state index in [0.717, 1.165) is 19.4 Å². The Morgan fingerprint density at radius 3 is 1.78 bits per heavy atom. The molecule has 0 N–H and O–H groups in total. The summed E-state index contributed by atoms with van der Waals surface area (Å²) in [7, 11) is 0. The fourth-order valence-corrected chi connectivity index (χ4v) is 3.48. The maximum atomic E-state index is 11.8. The summed E-state index contributed by atoms with van der Waals surface area (Å²) < 4.78 is 10.5. The highest BCUT2D eigenvalue weighted by Crippen LogP contribution is 2.18. The topological polar surface area (TPSA) is 38.8 Å². The zero-order valence-corrected chi connectivity index (χ0v) is 17.0. The van der Waals surface area contributed by atoms with E-state index in [2.05, 4.69) is 0 Å². The molecule has 27 heavy (non-hydrogen) atoms. The number of hydrogen-bond acceptors (Lipinski definition) is 3. The van der Waals surface area contributed by atoms with Gasteiger partial charge < -0.3 is 9.47 Å². The maximum Gasteiger partial charge on any atom is 0.338 e. The van der Waals surface area contributed by atoms with Gasteiger partial charge in [-0.15, -0.1) is 0 Å². The summed E-state index contributed by atoms with van der Waals surface area (Å²) >= 11 is 0. The van der Waals surface area contributed by atoms with Crippen molar-refractivity contribution in [1.82, 2.24) is 0 Å². The van der Waals surface area contributed by atoms with Crippen molar-refractivity contribution < 1.29 is 14.3 Å². The minimum Gasteiger partial charge on any atom is -0.462 e. The quantitative estimate of drug-likeness (QED) is 0.173. The van der Waals surface area contributed by atoms with Gasteiger partial charge >= 0.3 is 5.97 Å². The van der Waals surface area contributed by atoms with Gasteiger partial charge in [-0.1, -0.05) is 95.2 Å². The van der Waals surface area contributed by atoms with Crippen LogP contribution >= 0.6 is 0 Å². The van der Waals surface area contributed by atoms with Crippen molar-refractivity contribution in [2.45, 2.75) is 96.0 Å². The third kappa shape index (κ3) is 11.9. The second-order valence-electron chi connectivity index (χ2n) is 7.84. The van der Waals surface area contributed by atoms with Crippen molar-refractivity contribution in [2.75, 3.05) is 13.2 Å². The number of carbonyl (C=O) groups is 1. The van der Waals surface area contributed by atoms with E-state index in [1.54, 1.807) is 12.1 Å². The molecule has 0 aromatic heterocycles. The maximum absolute atomic E-state index is 11.8. The Morgan fingerprint density at radius 1 is 0.778 bits per heavy atom. The fourth-order valence-electron chi connectivity index (χ4n) is 3.48. The van der Waals surface area contributed by atoms with Gasteiger partial charge in [0.25, 0.3) is 0 Å². The lowest BCUT2D eigenvalue weighted by Gasteiger charge is -2.05. The van der Waals surface area contributed by atoms with Gasteiger partial charge in [0.1, 0.15) is 0 Å². The molecule has 3 nitrogen and oxygen atoms in total. The first kappa shape index (κ1) is 21.9. The molecule has 0 saturated carbocycles. The average Bonchev–Trinajstić information content (AvgIpc) is 3.52. The smallest absolute Gasteiger partial charge is 0.338 e. The molecule has 1 aromatic carbocycles. The number of carbonyl (C=O) groups excluding carboxylic acids is 1. The molecular formula is C24H38O3. The summed E-state index contributed by atoms with van der Waals surface area (Å²) in [5.74, 6) is -0.201. The first-order valence-electron chi connectivity index (χ1n) is 11.2. The number of benzene rings is 1. The zero-order valence-electron chi connectivity index (χ0n) is 17.0. The van der Waals surface area contributed by atoms with Crippen LogP contribution in [0.3, 0.4) is 0 Å². The minimum absolute atomic E-state index is 0.201. The van der Waals surface area contributed by atoms with Crippen LogP contribution < -0.4 is 0 Å². The third-order valence-corrected chi connectivity index (χ3v) is 5.32. The second kappa shape index (κ2) is 14.7. The molecule has 0 aliphatic carbocycles. The first-order chi connectivity index (χ1) is 13.4. The van der Waals surface area contributed by atoms with Crippen LogP contribution in [-0.4, -0.2) is 25.3 Å². The summed E-state index contributed by atoms with van der Waals surface area (Å²) in [6, 6.07) is 9.23. The Morgan fingerprint density at radius 2 is 1.26 bits per heavy atom. The minimum atomic E-state index is -0.201. The number of unbranched alkanes of at least 4 members (excludes halogenated alkanes) is 12. The van der Waals surface area contributed by atoms with Crippen LogP contribution in [0.4, 0.5) is 0 Å². The van der Waals surface area contributed by atoms with Gasteiger partial charge in [0.2, 0.25) is 0 Å². The van der Waals surface area contributed by atoms with Crippen LogP contribution in [0.1, 0.15) is 100 Å². The van der Waals surface area contributed by atoms with Crippen molar-refractivity contribution in [3.05, 3.63) is 35.9 Å². The van der Waals surface area contributed by atoms with Crippen LogP contribution in [-0.2, 0) is 9.47 Å². The highest BCUT2D eigenvalue weighted by Gasteiger charge is 2.20. The van der Waals surface area contributed by atoms with Gasteiger partial charge in [0.05, 0.1) is 24.9 Å². The molecular weight excluding hydrogens is 336 g/mol. The summed E-state index contributed by atoms with van der Waals surface area (Å²) in [5.41, 5.74) is 0.644.